The van der Waals surface area contributed by atoms with E-state index in [-0.39, 0.29) is 18.1 Å². The molecule has 5 nitrogen and oxygen atoms in total. The summed E-state index contributed by atoms with van der Waals surface area (Å²) in [5, 5.41) is 7.39. The van der Waals surface area contributed by atoms with E-state index in [9.17, 15) is 4.79 Å². The minimum Gasteiger partial charge on any atom is -0.378 e. The Kier molecular flexibility index (Phi) is 5.05. The maximum absolute atomic E-state index is 13.1. The van der Waals surface area contributed by atoms with Crippen LogP contribution in [0.5, 0.6) is 0 Å². The summed E-state index contributed by atoms with van der Waals surface area (Å²) in [7, 11) is 0. The number of hydrogen-bond acceptors (Lipinski definition) is 3. The topological polar surface area (TPSA) is 58.2 Å². The second-order valence-electron chi connectivity index (χ2n) is 7.04. The Morgan fingerprint density at radius 1 is 1.39 bits per heavy atom. The smallest absolute Gasteiger partial charge is 0.226 e. The summed E-state index contributed by atoms with van der Waals surface area (Å²) in [6, 6.07) is 0.203. The molecule has 2 fully saturated rings. The molecule has 0 spiro atoms. The summed E-state index contributed by atoms with van der Waals surface area (Å²) < 4.78 is 5.81. The molecule has 0 bridgehead atoms. The first kappa shape index (κ1) is 16.5. The first-order chi connectivity index (χ1) is 11.1. The van der Waals surface area contributed by atoms with Crippen molar-refractivity contribution in [3.8, 4) is 0 Å². The second kappa shape index (κ2) is 7.04. The third kappa shape index (κ3) is 3.30. The van der Waals surface area contributed by atoms with Crippen LogP contribution in [0.1, 0.15) is 68.4 Å². The van der Waals surface area contributed by atoms with E-state index in [0.29, 0.717) is 5.91 Å². The fourth-order valence-electron chi connectivity index (χ4n) is 4.24. The van der Waals surface area contributed by atoms with E-state index in [1.165, 1.54) is 5.56 Å². The molecule has 1 N–H and O–H groups in total. The van der Waals surface area contributed by atoms with Gasteiger partial charge in [0.15, 0.2) is 0 Å². The molecule has 0 saturated carbocycles. The molecule has 1 aromatic heterocycles. The molecule has 2 saturated heterocycles. The van der Waals surface area contributed by atoms with Crippen LogP contribution in [0.15, 0.2) is 0 Å². The number of likely N-dealkylation sites (tertiary alicyclic amines) is 1. The number of aryl methyl sites for hydroxylation is 2. The summed E-state index contributed by atoms with van der Waals surface area (Å²) in [6.07, 6.45) is 6.33. The van der Waals surface area contributed by atoms with Crippen molar-refractivity contribution in [3.05, 3.63) is 17.0 Å². The summed E-state index contributed by atoms with van der Waals surface area (Å²) >= 11 is 0. The molecule has 3 unspecified atom stereocenters. The van der Waals surface area contributed by atoms with Crippen molar-refractivity contribution in [3.63, 3.8) is 0 Å². The molecule has 23 heavy (non-hydrogen) atoms. The van der Waals surface area contributed by atoms with Gasteiger partial charge in [0.25, 0.3) is 0 Å². The van der Waals surface area contributed by atoms with Gasteiger partial charge in [-0.15, -0.1) is 0 Å². The van der Waals surface area contributed by atoms with Crippen molar-refractivity contribution >= 4 is 5.91 Å². The molecule has 0 aliphatic carbocycles. The highest BCUT2D eigenvalue weighted by molar-refractivity contribution is 5.80. The second-order valence-corrected chi connectivity index (χ2v) is 7.04. The first-order valence-corrected chi connectivity index (χ1v) is 9.05. The van der Waals surface area contributed by atoms with Gasteiger partial charge in [0, 0.05) is 30.3 Å². The Balaban J connectivity index is 1.73. The van der Waals surface area contributed by atoms with E-state index in [0.717, 1.165) is 63.1 Å². The number of H-pyrrole nitrogens is 1. The lowest BCUT2D eigenvalue weighted by molar-refractivity contribution is -0.141. The predicted octanol–water partition coefficient (Wildman–Crippen LogP) is 3.29. The number of rotatable bonds is 4. The minimum absolute atomic E-state index is 0.133. The van der Waals surface area contributed by atoms with E-state index in [1.54, 1.807) is 0 Å². The average Bonchev–Trinajstić information content (AvgIpc) is 3.14. The van der Waals surface area contributed by atoms with Gasteiger partial charge in [0.2, 0.25) is 5.91 Å². The fourth-order valence-corrected chi connectivity index (χ4v) is 4.24. The molecule has 3 atom stereocenters. The van der Waals surface area contributed by atoms with Crippen LogP contribution in [0.25, 0.3) is 0 Å². The highest BCUT2D eigenvalue weighted by Gasteiger charge is 2.37. The van der Waals surface area contributed by atoms with Crippen LogP contribution in [-0.4, -0.2) is 40.3 Å². The summed E-state index contributed by atoms with van der Waals surface area (Å²) in [4.78, 5) is 15.2. The molecule has 5 heteroatoms. The molecule has 0 aromatic carbocycles. The number of nitrogens with zero attached hydrogens (tertiary/aromatic N) is 2. The number of carbonyl (C=O) groups is 1. The predicted molar refractivity (Wildman–Crippen MR) is 89.1 cm³/mol. The number of aromatic nitrogens is 2. The van der Waals surface area contributed by atoms with E-state index in [4.69, 9.17) is 4.74 Å². The van der Waals surface area contributed by atoms with Gasteiger partial charge in [-0.2, -0.15) is 5.10 Å². The molecule has 1 aromatic rings. The normalized spacial score (nSPS) is 28.3. The molecule has 3 rings (SSSR count). The Morgan fingerprint density at radius 3 is 2.91 bits per heavy atom. The highest BCUT2D eigenvalue weighted by Crippen LogP contribution is 2.37. The molecule has 0 radical (unpaired) electrons. The number of amides is 1. The zero-order valence-electron chi connectivity index (χ0n) is 14.6. The molecular weight excluding hydrogens is 290 g/mol. The van der Waals surface area contributed by atoms with Crippen LogP contribution >= 0.6 is 0 Å². The van der Waals surface area contributed by atoms with Crippen molar-refractivity contribution in [1.29, 1.82) is 0 Å². The summed E-state index contributed by atoms with van der Waals surface area (Å²) in [5.74, 6) is 0.463. The van der Waals surface area contributed by atoms with Gasteiger partial charge in [-0.05, 0) is 46.0 Å². The number of nitrogens with one attached hydrogen (secondary N) is 1. The lowest BCUT2D eigenvalue weighted by Crippen LogP contribution is -2.40. The van der Waals surface area contributed by atoms with Gasteiger partial charge in [-0.25, -0.2) is 0 Å². The van der Waals surface area contributed by atoms with Crippen LogP contribution in [0.2, 0.25) is 0 Å². The SMILES string of the molecule is CCCC1CC(C(=O)N2CCCC2c2c(C)n[nH]c2C)CCO1. The van der Waals surface area contributed by atoms with Gasteiger partial charge in [-0.1, -0.05) is 13.3 Å². The van der Waals surface area contributed by atoms with Crippen LogP contribution in [0, 0.1) is 19.8 Å². The number of aromatic amines is 1. The van der Waals surface area contributed by atoms with Gasteiger partial charge in [0.05, 0.1) is 17.8 Å². The molecule has 2 aliphatic rings. The Labute approximate surface area is 138 Å². The van der Waals surface area contributed by atoms with Crippen LogP contribution in [0.3, 0.4) is 0 Å². The number of hydrogen-bond donors (Lipinski definition) is 1. The zero-order chi connectivity index (χ0) is 16.4. The first-order valence-electron chi connectivity index (χ1n) is 9.05. The molecule has 128 valence electrons. The van der Waals surface area contributed by atoms with Crippen molar-refractivity contribution in [2.75, 3.05) is 13.2 Å². The molecule has 3 heterocycles. The fraction of sp³-hybridized carbons (Fsp3) is 0.778. The van der Waals surface area contributed by atoms with E-state index >= 15 is 0 Å². The standard InChI is InChI=1S/C18H29N3O2/c1-4-6-15-11-14(8-10-23-15)18(22)21-9-5-7-16(21)17-12(2)19-20-13(17)3/h14-16H,4-11H2,1-3H3,(H,19,20). The third-order valence-corrected chi connectivity index (χ3v) is 5.38. The van der Waals surface area contributed by atoms with Crippen molar-refractivity contribution in [2.24, 2.45) is 5.92 Å². The minimum atomic E-state index is 0.133. The van der Waals surface area contributed by atoms with Crippen LogP contribution in [-0.2, 0) is 9.53 Å². The Hall–Kier alpha value is -1.36. The summed E-state index contributed by atoms with van der Waals surface area (Å²) in [5.41, 5.74) is 3.36. The zero-order valence-corrected chi connectivity index (χ0v) is 14.6. The maximum Gasteiger partial charge on any atom is 0.226 e. The molecule has 1 amide bonds. The Bertz CT molecular complexity index is 533. The number of ether oxygens (including phenoxy) is 1. The maximum atomic E-state index is 13.1. The lowest BCUT2D eigenvalue weighted by Gasteiger charge is -2.34. The van der Waals surface area contributed by atoms with Crippen LogP contribution in [0.4, 0.5) is 0 Å². The van der Waals surface area contributed by atoms with E-state index in [1.807, 2.05) is 6.92 Å². The highest BCUT2D eigenvalue weighted by atomic mass is 16.5. The molecular formula is C18H29N3O2. The number of carbonyl (C=O) groups excluding carboxylic acids is 1. The largest absolute Gasteiger partial charge is 0.378 e. The van der Waals surface area contributed by atoms with Crippen LogP contribution < -0.4 is 0 Å². The van der Waals surface area contributed by atoms with Gasteiger partial charge in [0.1, 0.15) is 0 Å². The van der Waals surface area contributed by atoms with Gasteiger partial charge in [-0.3, -0.25) is 9.89 Å². The third-order valence-electron chi connectivity index (χ3n) is 5.38. The average molecular weight is 319 g/mol. The quantitative estimate of drug-likeness (QED) is 0.926. The van der Waals surface area contributed by atoms with E-state index in [2.05, 4.69) is 28.9 Å². The summed E-state index contributed by atoms with van der Waals surface area (Å²) in [6.45, 7) is 7.87. The Morgan fingerprint density at radius 2 is 2.22 bits per heavy atom. The van der Waals surface area contributed by atoms with Crippen molar-refractivity contribution < 1.29 is 9.53 Å². The van der Waals surface area contributed by atoms with Crippen molar-refractivity contribution in [1.82, 2.24) is 15.1 Å². The van der Waals surface area contributed by atoms with Gasteiger partial charge < -0.3 is 9.64 Å². The van der Waals surface area contributed by atoms with Crippen molar-refractivity contribution in [2.45, 2.75) is 71.4 Å². The monoisotopic (exact) mass is 319 g/mol. The lowest BCUT2D eigenvalue weighted by atomic mass is 9.91. The van der Waals surface area contributed by atoms with Gasteiger partial charge >= 0.3 is 0 Å². The van der Waals surface area contributed by atoms with E-state index < -0.39 is 0 Å². The molecule has 2 aliphatic heterocycles.